The van der Waals surface area contributed by atoms with Gasteiger partial charge in [0.1, 0.15) is 0 Å². The number of thiophene rings is 1. The molecule has 0 aliphatic heterocycles. The number of hydrogen-bond acceptors (Lipinski definition) is 4. The van der Waals surface area contributed by atoms with Gasteiger partial charge in [0.2, 0.25) is 10.0 Å². The van der Waals surface area contributed by atoms with Crippen molar-refractivity contribution < 1.29 is 8.42 Å². The second kappa shape index (κ2) is 6.90. The molecule has 100 valence electrons. The average molecular weight is 286 g/mol. The Hall–Kier alpha value is -0.870. The molecule has 4 nitrogen and oxygen atoms in total. The monoisotopic (exact) mass is 286 g/mol. The maximum absolute atomic E-state index is 11.6. The second-order valence-electron chi connectivity index (χ2n) is 4.30. The summed E-state index contributed by atoms with van der Waals surface area (Å²) in [6.07, 6.45) is 0. The molecule has 0 bridgehead atoms. The van der Waals surface area contributed by atoms with E-state index in [9.17, 15) is 8.42 Å². The summed E-state index contributed by atoms with van der Waals surface area (Å²) in [6.45, 7) is 4.41. The first-order valence-corrected chi connectivity index (χ1v) is 8.20. The van der Waals surface area contributed by atoms with Gasteiger partial charge in [-0.05, 0) is 12.0 Å². The number of sulfonamides is 1. The standard InChI is InChI=1S/C12H18N2O2S2/c1-10(2)9-18(15,16)14-7-12-6-11(8-17-12)4-3-5-13/h6,8,10,14H,5,7,9,13H2,1-2H3. The molecule has 6 heteroatoms. The zero-order valence-electron chi connectivity index (χ0n) is 10.6. The molecule has 0 unspecified atom stereocenters. The Bertz CT molecular complexity index is 536. The lowest BCUT2D eigenvalue weighted by Gasteiger charge is -2.07. The van der Waals surface area contributed by atoms with Crippen molar-refractivity contribution in [2.45, 2.75) is 20.4 Å². The summed E-state index contributed by atoms with van der Waals surface area (Å²) in [4.78, 5) is 0.948. The predicted molar refractivity (Wildman–Crippen MR) is 75.7 cm³/mol. The molecule has 0 atom stereocenters. The van der Waals surface area contributed by atoms with Crippen LogP contribution < -0.4 is 10.5 Å². The molecule has 0 fully saturated rings. The molecule has 18 heavy (non-hydrogen) atoms. The third kappa shape index (κ3) is 5.65. The van der Waals surface area contributed by atoms with Crippen LogP contribution in [0.4, 0.5) is 0 Å². The van der Waals surface area contributed by atoms with Gasteiger partial charge >= 0.3 is 0 Å². The molecule has 0 spiro atoms. The number of rotatable bonds is 5. The van der Waals surface area contributed by atoms with Crippen molar-refractivity contribution in [2.75, 3.05) is 12.3 Å². The molecule has 0 aliphatic rings. The van der Waals surface area contributed by atoms with Crippen molar-refractivity contribution in [1.29, 1.82) is 0 Å². The topological polar surface area (TPSA) is 72.2 Å². The van der Waals surface area contributed by atoms with Crippen LogP contribution in [0.5, 0.6) is 0 Å². The van der Waals surface area contributed by atoms with Crippen molar-refractivity contribution in [3.05, 3.63) is 21.9 Å². The van der Waals surface area contributed by atoms with Crippen LogP contribution in [0.1, 0.15) is 24.3 Å². The average Bonchev–Trinajstić information content (AvgIpc) is 2.70. The molecule has 0 aromatic carbocycles. The highest BCUT2D eigenvalue weighted by molar-refractivity contribution is 7.89. The molecule has 0 radical (unpaired) electrons. The van der Waals surface area contributed by atoms with Gasteiger partial charge in [-0.2, -0.15) is 0 Å². The maximum Gasteiger partial charge on any atom is 0.212 e. The predicted octanol–water partition coefficient (Wildman–Crippen LogP) is 1.13. The molecule has 1 aromatic rings. The first-order valence-electron chi connectivity index (χ1n) is 5.66. The Balaban J connectivity index is 2.56. The van der Waals surface area contributed by atoms with E-state index in [-0.39, 0.29) is 11.7 Å². The second-order valence-corrected chi connectivity index (χ2v) is 7.15. The van der Waals surface area contributed by atoms with Gasteiger partial charge < -0.3 is 5.73 Å². The van der Waals surface area contributed by atoms with E-state index in [0.29, 0.717) is 13.1 Å². The minimum absolute atomic E-state index is 0.122. The number of nitrogens with one attached hydrogen (secondary N) is 1. The minimum atomic E-state index is -3.19. The van der Waals surface area contributed by atoms with Gasteiger partial charge in [-0.15, -0.1) is 11.3 Å². The van der Waals surface area contributed by atoms with Crippen molar-refractivity contribution >= 4 is 21.4 Å². The summed E-state index contributed by atoms with van der Waals surface area (Å²) in [5.74, 6) is 5.95. The molecule has 1 heterocycles. The zero-order chi connectivity index (χ0) is 13.6. The quantitative estimate of drug-likeness (QED) is 0.797. The Morgan fingerprint density at radius 2 is 2.22 bits per heavy atom. The molecule has 3 N–H and O–H groups in total. The van der Waals surface area contributed by atoms with Crippen molar-refractivity contribution in [1.82, 2.24) is 4.72 Å². The summed E-state index contributed by atoms with van der Waals surface area (Å²) in [7, 11) is -3.19. The first kappa shape index (κ1) is 15.2. The fourth-order valence-corrected chi connectivity index (χ4v) is 3.59. The van der Waals surface area contributed by atoms with E-state index in [0.717, 1.165) is 10.4 Å². The van der Waals surface area contributed by atoms with Crippen molar-refractivity contribution in [2.24, 2.45) is 11.7 Å². The van der Waals surface area contributed by atoms with Crippen LogP contribution in [-0.2, 0) is 16.6 Å². The van der Waals surface area contributed by atoms with Crippen LogP contribution in [-0.4, -0.2) is 20.7 Å². The van der Waals surface area contributed by atoms with Crippen LogP contribution in [0, 0.1) is 17.8 Å². The van der Waals surface area contributed by atoms with Gasteiger partial charge in [0.25, 0.3) is 0 Å². The summed E-state index contributed by atoms with van der Waals surface area (Å²) in [6, 6.07) is 1.88. The molecule has 0 amide bonds. The molecule has 0 saturated carbocycles. The minimum Gasteiger partial charge on any atom is -0.320 e. The molecular weight excluding hydrogens is 268 g/mol. The Labute approximate surface area is 113 Å². The van der Waals surface area contributed by atoms with E-state index < -0.39 is 10.0 Å². The van der Waals surface area contributed by atoms with E-state index in [1.807, 2.05) is 25.3 Å². The molecule has 1 rings (SSSR count). The fourth-order valence-electron chi connectivity index (χ4n) is 1.37. The van der Waals surface area contributed by atoms with E-state index in [1.165, 1.54) is 11.3 Å². The largest absolute Gasteiger partial charge is 0.320 e. The molecule has 1 aromatic heterocycles. The highest BCUT2D eigenvalue weighted by Crippen LogP contribution is 2.14. The van der Waals surface area contributed by atoms with Gasteiger partial charge in [-0.1, -0.05) is 25.7 Å². The van der Waals surface area contributed by atoms with E-state index in [2.05, 4.69) is 16.6 Å². The summed E-state index contributed by atoms with van der Waals surface area (Å²) in [5, 5.41) is 1.90. The molecular formula is C12H18N2O2S2. The van der Waals surface area contributed by atoms with Crippen LogP contribution in [0.2, 0.25) is 0 Å². The van der Waals surface area contributed by atoms with Gasteiger partial charge in [-0.3, -0.25) is 0 Å². The number of hydrogen-bond donors (Lipinski definition) is 2. The van der Waals surface area contributed by atoms with Gasteiger partial charge in [0.15, 0.2) is 0 Å². The lowest BCUT2D eigenvalue weighted by molar-refractivity contribution is 0.568. The normalized spacial score (nSPS) is 11.3. The van der Waals surface area contributed by atoms with Crippen LogP contribution in [0.25, 0.3) is 0 Å². The summed E-state index contributed by atoms with van der Waals surface area (Å²) in [5.41, 5.74) is 6.16. The lowest BCUT2D eigenvalue weighted by atomic mass is 10.3. The Kier molecular flexibility index (Phi) is 5.82. The SMILES string of the molecule is CC(C)CS(=O)(=O)NCc1cc(C#CCN)cs1. The maximum atomic E-state index is 11.6. The van der Waals surface area contributed by atoms with E-state index in [1.54, 1.807) is 0 Å². The summed E-state index contributed by atoms with van der Waals surface area (Å²) < 4.78 is 25.9. The Morgan fingerprint density at radius 1 is 1.50 bits per heavy atom. The van der Waals surface area contributed by atoms with Crippen molar-refractivity contribution in [3.8, 4) is 11.8 Å². The first-order chi connectivity index (χ1) is 8.43. The van der Waals surface area contributed by atoms with Crippen LogP contribution >= 0.6 is 11.3 Å². The number of nitrogens with two attached hydrogens (primary N) is 1. The van der Waals surface area contributed by atoms with E-state index >= 15 is 0 Å². The third-order valence-corrected chi connectivity index (χ3v) is 4.63. The Morgan fingerprint density at radius 3 is 2.83 bits per heavy atom. The fraction of sp³-hybridized carbons (Fsp3) is 0.500. The van der Waals surface area contributed by atoms with Gasteiger partial charge in [-0.25, -0.2) is 13.1 Å². The van der Waals surface area contributed by atoms with Gasteiger partial charge in [0.05, 0.1) is 12.3 Å². The van der Waals surface area contributed by atoms with Crippen LogP contribution in [0.3, 0.4) is 0 Å². The van der Waals surface area contributed by atoms with Crippen LogP contribution in [0.15, 0.2) is 11.4 Å². The smallest absolute Gasteiger partial charge is 0.212 e. The van der Waals surface area contributed by atoms with E-state index in [4.69, 9.17) is 5.73 Å². The molecule has 0 saturated heterocycles. The third-order valence-electron chi connectivity index (χ3n) is 2.01. The summed E-state index contributed by atoms with van der Waals surface area (Å²) >= 11 is 1.49. The molecule has 0 aliphatic carbocycles. The highest BCUT2D eigenvalue weighted by Gasteiger charge is 2.12. The zero-order valence-corrected chi connectivity index (χ0v) is 12.2. The lowest BCUT2D eigenvalue weighted by Crippen LogP contribution is -2.27. The highest BCUT2D eigenvalue weighted by atomic mass is 32.2. The van der Waals surface area contributed by atoms with Crippen molar-refractivity contribution in [3.63, 3.8) is 0 Å². The van der Waals surface area contributed by atoms with Gasteiger partial charge in [0, 0.05) is 22.4 Å².